The van der Waals surface area contributed by atoms with Crippen molar-refractivity contribution in [1.82, 2.24) is 18.6 Å². The van der Waals surface area contributed by atoms with Crippen molar-refractivity contribution < 1.29 is 24.9 Å². The summed E-state index contributed by atoms with van der Waals surface area (Å²) in [5.74, 6) is -0.0943. The average Bonchev–Trinajstić information content (AvgIpc) is 3.02. The van der Waals surface area contributed by atoms with Crippen LogP contribution in [0.15, 0.2) is 10.7 Å². The number of fused-ring (bicyclic) bond motifs is 1. The van der Waals surface area contributed by atoms with Crippen molar-refractivity contribution >= 4 is 22.8 Å². The van der Waals surface area contributed by atoms with Crippen molar-refractivity contribution in [3.63, 3.8) is 0 Å². The third kappa shape index (κ3) is 2.35. The average molecular weight is 331 g/mol. The Morgan fingerprint density at radius 1 is 1.45 bits per heavy atom. The van der Waals surface area contributed by atoms with Crippen LogP contribution in [0, 0.1) is 0 Å². The van der Waals surface area contributed by atoms with Gasteiger partial charge in [0.1, 0.15) is 18.3 Å². The summed E-state index contributed by atoms with van der Waals surface area (Å²) >= 11 is -0.858. The van der Waals surface area contributed by atoms with Crippen LogP contribution in [0.25, 0.3) is 0 Å². The van der Waals surface area contributed by atoms with E-state index < -0.39 is 42.2 Å². The normalized spacial score (nSPS) is 34.5. The summed E-state index contributed by atoms with van der Waals surface area (Å²) in [7, 11) is 3.54. The predicted octanol–water partition coefficient (Wildman–Crippen LogP) is -1.94. The fraction of sp³-hybridized carbons (Fsp3) is 0.636. The van der Waals surface area contributed by atoms with Gasteiger partial charge in [-0.3, -0.25) is 14.1 Å². The highest BCUT2D eigenvalue weighted by atomic mass is 32.2. The van der Waals surface area contributed by atoms with Crippen LogP contribution in [-0.4, -0.2) is 74.1 Å². The zero-order valence-electron chi connectivity index (χ0n) is 11.9. The first-order valence-corrected chi connectivity index (χ1v) is 7.71. The lowest BCUT2D eigenvalue weighted by molar-refractivity contribution is -0.0519. The first-order valence-electron chi connectivity index (χ1n) is 6.58. The van der Waals surface area contributed by atoms with Crippen LogP contribution < -0.4 is 4.72 Å². The second kappa shape index (κ2) is 5.68. The number of rotatable bonds is 3. The molecule has 0 spiro atoms. The highest BCUT2D eigenvalue weighted by Gasteiger charge is 2.44. The van der Waals surface area contributed by atoms with Crippen LogP contribution in [0.1, 0.15) is 16.7 Å². The third-order valence-electron chi connectivity index (χ3n) is 3.48. The van der Waals surface area contributed by atoms with Gasteiger partial charge in [-0.15, -0.1) is 0 Å². The van der Waals surface area contributed by atoms with Crippen molar-refractivity contribution in [3.8, 4) is 0 Å². The van der Waals surface area contributed by atoms with E-state index in [1.807, 2.05) is 0 Å². The lowest BCUT2D eigenvalue weighted by Crippen LogP contribution is -2.36. The minimum atomic E-state index is -1.25. The number of aliphatic hydroxyl groups excluding tert-OH is 3. The zero-order chi connectivity index (χ0) is 16.0. The van der Waals surface area contributed by atoms with Crippen molar-refractivity contribution in [3.05, 3.63) is 12.0 Å². The van der Waals surface area contributed by atoms with Crippen LogP contribution >= 0.6 is 0 Å². The molecule has 1 aromatic heterocycles. The molecular weight excluding hydrogens is 314 g/mol. The van der Waals surface area contributed by atoms with Crippen LogP contribution in [0.3, 0.4) is 0 Å². The van der Waals surface area contributed by atoms with Crippen molar-refractivity contribution in [1.29, 1.82) is 0 Å². The van der Waals surface area contributed by atoms with Gasteiger partial charge in [-0.1, -0.05) is 0 Å². The minimum absolute atomic E-state index is 0.128. The number of imidazole rings is 1. The van der Waals surface area contributed by atoms with E-state index in [-0.39, 0.29) is 17.4 Å². The number of hydrogen-bond acceptors (Lipinski definition) is 8. The molecule has 2 aliphatic heterocycles. The Hall–Kier alpha value is -1.37. The van der Waals surface area contributed by atoms with Gasteiger partial charge in [0.2, 0.25) is 0 Å². The van der Waals surface area contributed by atoms with Gasteiger partial charge >= 0.3 is 0 Å². The molecular formula is C11H17N5O5S. The summed E-state index contributed by atoms with van der Waals surface area (Å²) in [5, 5.41) is 29.1. The van der Waals surface area contributed by atoms with E-state index in [1.54, 1.807) is 18.4 Å². The minimum Gasteiger partial charge on any atom is -0.394 e. The summed E-state index contributed by atoms with van der Waals surface area (Å²) < 4.78 is 15.7. The number of nitrogens with zero attached hydrogens (tertiary/aromatic N) is 4. The molecule has 0 bridgehead atoms. The Labute approximate surface area is 128 Å². The van der Waals surface area contributed by atoms with Gasteiger partial charge < -0.3 is 20.1 Å². The molecule has 0 aromatic carbocycles. The summed E-state index contributed by atoms with van der Waals surface area (Å²) in [4.78, 5) is 16.0. The van der Waals surface area contributed by atoms with Gasteiger partial charge in [-0.05, 0) is 14.1 Å². The number of hydrogen-bond donors (Lipinski definition) is 4. The lowest BCUT2D eigenvalue weighted by Gasteiger charge is -2.22. The monoisotopic (exact) mass is 331 g/mol. The summed E-state index contributed by atoms with van der Waals surface area (Å²) in [6, 6.07) is 0. The van der Waals surface area contributed by atoms with Crippen LogP contribution in [0.2, 0.25) is 0 Å². The quantitative estimate of drug-likeness (QED) is 0.507. The Bertz CT molecular complexity index is 632. The number of nitrogens with one attached hydrogen (secondary N) is 1. The lowest BCUT2D eigenvalue weighted by atomic mass is 10.1. The first-order chi connectivity index (χ1) is 10.4. The van der Waals surface area contributed by atoms with E-state index in [0.29, 0.717) is 0 Å². The Kier molecular flexibility index (Phi) is 4.01. The number of aromatic nitrogens is 2. The largest absolute Gasteiger partial charge is 0.394 e. The molecule has 4 N–H and O–H groups in total. The highest BCUT2D eigenvalue weighted by molar-refractivity contribution is 7.83. The maximum Gasteiger partial charge on any atom is 0.285 e. The van der Waals surface area contributed by atoms with E-state index in [2.05, 4.69) is 14.1 Å². The van der Waals surface area contributed by atoms with Crippen molar-refractivity contribution in [2.24, 2.45) is 4.36 Å². The second-order valence-electron chi connectivity index (χ2n) is 5.15. The number of carbonyl (C=O) groups is 1. The van der Waals surface area contributed by atoms with E-state index in [0.717, 1.165) is 0 Å². The molecule has 11 heteroatoms. The molecule has 22 heavy (non-hydrogen) atoms. The van der Waals surface area contributed by atoms with Gasteiger partial charge in [-0.2, -0.15) is 4.36 Å². The Morgan fingerprint density at radius 3 is 2.77 bits per heavy atom. The van der Waals surface area contributed by atoms with Gasteiger partial charge in [0.15, 0.2) is 17.7 Å². The molecule has 122 valence electrons. The van der Waals surface area contributed by atoms with E-state index in [4.69, 9.17) is 9.84 Å². The van der Waals surface area contributed by atoms with Crippen LogP contribution in [0.5, 0.6) is 0 Å². The van der Waals surface area contributed by atoms with Gasteiger partial charge in [-0.25, -0.2) is 9.29 Å². The molecule has 1 unspecified atom stereocenters. The van der Waals surface area contributed by atoms with E-state index in [9.17, 15) is 15.0 Å². The van der Waals surface area contributed by atoms with Crippen molar-refractivity contribution in [2.75, 3.05) is 20.7 Å². The molecule has 5 atom stereocenters. The molecule has 0 radical (unpaired) electrons. The molecule has 3 heterocycles. The zero-order valence-corrected chi connectivity index (χ0v) is 12.8. The molecule has 2 aliphatic rings. The molecule has 0 aliphatic carbocycles. The third-order valence-corrected chi connectivity index (χ3v) is 4.88. The summed E-state index contributed by atoms with van der Waals surface area (Å²) in [5.41, 5.74) is 0.128. The highest BCUT2D eigenvalue weighted by Crippen LogP contribution is 2.35. The SMILES string of the molecule is CN(C)S1=Nc2c(ncn2[C@@H]2O[C@H](CO)[C@@H](O)[C@H]2O)C(=O)N1. The molecule has 1 amide bonds. The molecule has 1 saturated heterocycles. The van der Waals surface area contributed by atoms with Gasteiger partial charge in [0.25, 0.3) is 5.91 Å². The maximum atomic E-state index is 12.0. The number of ether oxygens (including phenoxy) is 1. The Balaban J connectivity index is 2.00. The number of amides is 1. The van der Waals surface area contributed by atoms with E-state index in [1.165, 1.54) is 10.9 Å². The molecule has 10 nitrogen and oxygen atoms in total. The molecule has 0 saturated carbocycles. The fourth-order valence-electron chi connectivity index (χ4n) is 2.31. The predicted molar refractivity (Wildman–Crippen MR) is 75.8 cm³/mol. The molecule has 1 fully saturated rings. The summed E-state index contributed by atoms with van der Waals surface area (Å²) in [6.45, 7) is -0.425. The van der Waals surface area contributed by atoms with Crippen LogP contribution in [-0.2, 0) is 15.8 Å². The number of aliphatic hydroxyl groups is 3. The molecule has 1 aromatic rings. The van der Waals surface area contributed by atoms with Gasteiger partial charge in [0.05, 0.1) is 24.0 Å². The van der Waals surface area contributed by atoms with E-state index >= 15 is 0 Å². The fourth-order valence-corrected chi connectivity index (χ4v) is 3.31. The topological polar surface area (TPSA) is 132 Å². The maximum absolute atomic E-state index is 12.0. The second-order valence-corrected chi connectivity index (χ2v) is 6.80. The Morgan fingerprint density at radius 2 is 2.18 bits per heavy atom. The van der Waals surface area contributed by atoms with Crippen molar-refractivity contribution in [2.45, 2.75) is 24.5 Å². The number of carbonyl (C=O) groups excluding carboxylic acids is 1. The summed E-state index contributed by atoms with van der Waals surface area (Å²) in [6.07, 6.45) is -3.01. The molecule has 3 rings (SSSR count). The first kappa shape index (κ1) is 15.5. The smallest absolute Gasteiger partial charge is 0.285 e. The standard InChI is InChI=1S/C11H17N5O5S/c1-15(2)22-13-9-6(10(20)14-22)12-4-16(9)11-8(19)7(18)5(3-17)21-11/h4-5,7-8,11,17-19H,3H2,1-2H3,(H,13,14,20)/t5-,7-,8-,11-,22?/m1/s1. The van der Waals surface area contributed by atoms with Crippen LogP contribution in [0.4, 0.5) is 5.82 Å². The van der Waals surface area contributed by atoms with Gasteiger partial charge in [0, 0.05) is 0 Å².